The van der Waals surface area contributed by atoms with Crippen molar-refractivity contribution in [3.8, 4) is 5.69 Å². The zero-order chi connectivity index (χ0) is 24.0. The standard InChI is InChI=1S/C25H18Cl2F3N3O/c1-14(15-4-2-5-16(10-15)25(28,29)30)32-24(23-13-34-23)18-6-3-7-22-19(18)12-31-33(22)17-8-9-20(26)21(27)11-17/h2-12,14,32H,13H2,1H3/t14-/m1/s1. The van der Waals surface area contributed by atoms with Crippen molar-refractivity contribution >= 4 is 39.8 Å². The summed E-state index contributed by atoms with van der Waals surface area (Å²) in [4.78, 5) is 0. The summed E-state index contributed by atoms with van der Waals surface area (Å²) in [6, 6.07) is 16.0. The van der Waals surface area contributed by atoms with Gasteiger partial charge in [-0.1, -0.05) is 47.5 Å². The Morgan fingerprint density at radius 1 is 1.06 bits per heavy atom. The van der Waals surface area contributed by atoms with Crippen LogP contribution in [0, 0.1) is 0 Å². The van der Waals surface area contributed by atoms with Gasteiger partial charge in [-0.2, -0.15) is 18.3 Å². The van der Waals surface area contributed by atoms with Crippen molar-refractivity contribution in [3.05, 3.63) is 99.4 Å². The van der Waals surface area contributed by atoms with E-state index in [1.165, 1.54) is 6.07 Å². The van der Waals surface area contributed by atoms with E-state index in [9.17, 15) is 13.2 Å². The number of alkyl halides is 3. The molecule has 34 heavy (non-hydrogen) atoms. The van der Waals surface area contributed by atoms with Crippen LogP contribution < -0.4 is 5.32 Å². The lowest BCUT2D eigenvalue weighted by molar-refractivity contribution is -0.137. The Bertz CT molecular complexity index is 1420. The van der Waals surface area contributed by atoms with Crippen LogP contribution in [0.3, 0.4) is 0 Å². The molecule has 174 valence electrons. The average molecular weight is 504 g/mol. The smallest absolute Gasteiger partial charge is 0.416 e. The fraction of sp³-hybridized carbons (Fsp3) is 0.160. The molecule has 1 aliphatic heterocycles. The molecule has 1 atom stereocenters. The van der Waals surface area contributed by atoms with E-state index in [1.54, 1.807) is 29.1 Å². The minimum absolute atomic E-state index is 0.394. The second kappa shape index (κ2) is 8.56. The molecule has 2 heterocycles. The van der Waals surface area contributed by atoms with Gasteiger partial charge in [0.15, 0.2) is 5.76 Å². The maximum Gasteiger partial charge on any atom is 0.416 e. The van der Waals surface area contributed by atoms with Gasteiger partial charge in [-0.05, 0) is 48.9 Å². The number of halogens is 5. The zero-order valence-electron chi connectivity index (χ0n) is 17.8. The van der Waals surface area contributed by atoms with Gasteiger partial charge < -0.3 is 10.1 Å². The third kappa shape index (κ3) is 4.33. The number of rotatable bonds is 5. The van der Waals surface area contributed by atoms with E-state index >= 15 is 0 Å². The molecule has 9 heteroatoms. The third-order valence-corrected chi connectivity index (χ3v) is 6.41. The largest absolute Gasteiger partial charge is 0.484 e. The Balaban J connectivity index is 1.52. The number of benzene rings is 3. The van der Waals surface area contributed by atoms with Crippen LogP contribution in [0.1, 0.15) is 29.7 Å². The quantitative estimate of drug-likeness (QED) is 0.288. The molecule has 3 aromatic carbocycles. The first kappa shape index (κ1) is 22.6. The number of hydrogen-bond donors (Lipinski definition) is 1. The molecule has 0 spiro atoms. The molecular weight excluding hydrogens is 486 g/mol. The van der Waals surface area contributed by atoms with Crippen molar-refractivity contribution in [3.63, 3.8) is 0 Å². The van der Waals surface area contributed by atoms with Gasteiger partial charge in [-0.25, -0.2) is 4.68 Å². The number of hydrogen-bond acceptors (Lipinski definition) is 3. The topological polar surface area (TPSA) is 42.4 Å². The van der Waals surface area contributed by atoms with Crippen LogP contribution in [0.5, 0.6) is 0 Å². The van der Waals surface area contributed by atoms with E-state index in [1.807, 2.05) is 31.2 Å². The van der Waals surface area contributed by atoms with Gasteiger partial charge in [0.05, 0.1) is 38.7 Å². The minimum Gasteiger partial charge on any atom is -0.484 e. The average Bonchev–Trinajstić information content (AvgIpc) is 3.56. The van der Waals surface area contributed by atoms with E-state index in [0.29, 0.717) is 22.2 Å². The summed E-state index contributed by atoms with van der Waals surface area (Å²) in [7, 11) is 0. The molecule has 5 rings (SSSR count). The highest BCUT2D eigenvalue weighted by atomic mass is 35.5. The van der Waals surface area contributed by atoms with Crippen LogP contribution in [0.25, 0.3) is 22.3 Å². The molecule has 0 unspecified atom stereocenters. The number of nitrogens with one attached hydrogen (secondary N) is 1. The van der Waals surface area contributed by atoms with E-state index in [4.69, 9.17) is 27.9 Å². The molecule has 4 aromatic rings. The zero-order valence-corrected chi connectivity index (χ0v) is 19.3. The molecule has 0 bridgehead atoms. The van der Waals surface area contributed by atoms with Crippen molar-refractivity contribution < 1.29 is 17.9 Å². The number of epoxide rings is 1. The third-order valence-electron chi connectivity index (χ3n) is 5.67. The van der Waals surface area contributed by atoms with Crippen LogP contribution in [0.2, 0.25) is 10.0 Å². The van der Waals surface area contributed by atoms with Gasteiger partial charge in [-0.15, -0.1) is 0 Å². The SMILES string of the molecule is C[C@@H](NC(=C1CO1)c1cccc2c1cnn2-c1ccc(Cl)c(Cl)c1)c1cccc(C(F)(F)F)c1. The van der Waals surface area contributed by atoms with E-state index in [-0.39, 0.29) is 0 Å². The molecule has 1 aliphatic rings. The molecule has 1 fully saturated rings. The number of aromatic nitrogens is 2. The molecule has 0 saturated carbocycles. The Morgan fingerprint density at radius 3 is 2.53 bits per heavy atom. The van der Waals surface area contributed by atoms with Gasteiger partial charge in [0.25, 0.3) is 0 Å². The van der Waals surface area contributed by atoms with Gasteiger partial charge in [0, 0.05) is 17.0 Å². The van der Waals surface area contributed by atoms with Crippen molar-refractivity contribution in [2.45, 2.75) is 19.1 Å². The van der Waals surface area contributed by atoms with Crippen LogP contribution in [0.4, 0.5) is 13.2 Å². The first-order chi connectivity index (χ1) is 16.2. The molecule has 0 amide bonds. The lowest BCUT2D eigenvalue weighted by Crippen LogP contribution is -2.18. The second-order valence-electron chi connectivity index (χ2n) is 7.97. The lowest BCUT2D eigenvalue weighted by Gasteiger charge is -2.19. The van der Waals surface area contributed by atoms with Gasteiger partial charge in [0.2, 0.25) is 0 Å². The molecule has 0 radical (unpaired) electrons. The highest BCUT2D eigenvalue weighted by Gasteiger charge is 2.31. The summed E-state index contributed by atoms with van der Waals surface area (Å²) < 4.78 is 46.8. The first-order valence-corrected chi connectivity index (χ1v) is 11.2. The number of nitrogens with zero attached hydrogens (tertiary/aromatic N) is 2. The summed E-state index contributed by atoms with van der Waals surface area (Å²) in [5, 5.41) is 9.62. The maximum atomic E-state index is 13.2. The fourth-order valence-corrected chi connectivity index (χ4v) is 4.16. The van der Waals surface area contributed by atoms with Crippen molar-refractivity contribution in [1.29, 1.82) is 0 Å². The predicted octanol–water partition coefficient (Wildman–Crippen LogP) is 7.40. The van der Waals surface area contributed by atoms with Crippen LogP contribution >= 0.6 is 23.2 Å². The first-order valence-electron chi connectivity index (χ1n) is 10.4. The molecule has 1 saturated heterocycles. The van der Waals surface area contributed by atoms with Crippen LogP contribution in [0.15, 0.2) is 72.6 Å². The molecule has 0 aliphatic carbocycles. The van der Waals surface area contributed by atoms with E-state index in [2.05, 4.69) is 10.4 Å². The Hall–Kier alpha value is -3.16. The maximum absolute atomic E-state index is 13.2. The van der Waals surface area contributed by atoms with E-state index in [0.717, 1.165) is 45.7 Å². The number of ether oxygens (including phenoxy) is 1. The highest BCUT2D eigenvalue weighted by molar-refractivity contribution is 6.42. The Kier molecular flexibility index (Phi) is 5.70. The monoisotopic (exact) mass is 503 g/mol. The van der Waals surface area contributed by atoms with Crippen molar-refractivity contribution in [1.82, 2.24) is 15.1 Å². The summed E-state index contributed by atoms with van der Waals surface area (Å²) in [6.07, 6.45) is -2.66. The van der Waals surface area contributed by atoms with Crippen LogP contribution in [-0.2, 0) is 10.9 Å². The normalized spacial score (nSPS) is 15.7. The molecular formula is C25H18Cl2F3N3O. The van der Waals surface area contributed by atoms with Crippen molar-refractivity contribution in [2.75, 3.05) is 6.61 Å². The Morgan fingerprint density at radius 2 is 1.82 bits per heavy atom. The molecule has 4 nitrogen and oxygen atoms in total. The van der Waals surface area contributed by atoms with Crippen LogP contribution in [-0.4, -0.2) is 16.4 Å². The second-order valence-corrected chi connectivity index (χ2v) is 8.78. The minimum atomic E-state index is -4.40. The summed E-state index contributed by atoms with van der Waals surface area (Å²) in [5.74, 6) is 0.744. The summed E-state index contributed by atoms with van der Waals surface area (Å²) >= 11 is 12.2. The van der Waals surface area contributed by atoms with Gasteiger partial charge in [0.1, 0.15) is 6.61 Å². The van der Waals surface area contributed by atoms with E-state index < -0.39 is 17.8 Å². The number of fused-ring (bicyclic) bond motifs is 1. The predicted molar refractivity (Wildman–Crippen MR) is 127 cm³/mol. The Labute approximate surface area is 203 Å². The van der Waals surface area contributed by atoms with Gasteiger partial charge >= 0.3 is 6.18 Å². The summed E-state index contributed by atoms with van der Waals surface area (Å²) in [6.45, 7) is 2.27. The highest BCUT2D eigenvalue weighted by Crippen LogP contribution is 2.35. The van der Waals surface area contributed by atoms with Crippen molar-refractivity contribution in [2.24, 2.45) is 0 Å². The van der Waals surface area contributed by atoms with Gasteiger partial charge in [-0.3, -0.25) is 0 Å². The fourth-order valence-electron chi connectivity index (χ4n) is 3.86. The molecule has 1 aromatic heterocycles. The summed E-state index contributed by atoms with van der Waals surface area (Å²) in [5.41, 5.74) is 3.00. The lowest BCUT2D eigenvalue weighted by atomic mass is 10.0. The molecule has 1 N–H and O–H groups in total.